The largest absolute Gasteiger partial charge is 0.271 e. The highest BCUT2D eigenvalue weighted by molar-refractivity contribution is 6.30. The highest BCUT2D eigenvalue weighted by atomic mass is 35.5. The van der Waals surface area contributed by atoms with Crippen molar-refractivity contribution < 1.29 is 4.39 Å². The van der Waals surface area contributed by atoms with Gasteiger partial charge in [0.15, 0.2) is 0 Å². The molecule has 0 bridgehead atoms. The van der Waals surface area contributed by atoms with Crippen LogP contribution in [0.3, 0.4) is 0 Å². The number of hydrogen-bond acceptors (Lipinski definition) is 4. The van der Waals surface area contributed by atoms with E-state index in [0.29, 0.717) is 6.42 Å². The first-order valence-corrected chi connectivity index (χ1v) is 6.31. The number of aryl methyl sites for hydroxylation is 1. The second-order valence-electron chi connectivity index (χ2n) is 4.09. The molecular formula is C12H15ClFN5. The molecule has 1 aromatic carbocycles. The lowest BCUT2D eigenvalue weighted by atomic mass is 10.0. The summed E-state index contributed by atoms with van der Waals surface area (Å²) in [4.78, 5) is 4.19. The van der Waals surface area contributed by atoms with Gasteiger partial charge in [-0.05, 0) is 24.6 Å². The molecule has 0 radical (unpaired) electrons. The Morgan fingerprint density at radius 3 is 2.95 bits per heavy atom. The summed E-state index contributed by atoms with van der Waals surface area (Å²) in [6, 6.07) is 4.34. The Morgan fingerprint density at radius 2 is 2.32 bits per heavy atom. The molecule has 2 rings (SSSR count). The molecule has 7 heteroatoms. The second kappa shape index (κ2) is 6.10. The Labute approximate surface area is 115 Å². The Hall–Kier alpha value is -1.50. The fourth-order valence-electron chi connectivity index (χ4n) is 1.90. The number of benzene rings is 1. The Morgan fingerprint density at radius 1 is 1.53 bits per heavy atom. The van der Waals surface area contributed by atoms with Gasteiger partial charge in [0, 0.05) is 13.0 Å². The van der Waals surface area contributed by atoms with E-state index in [1.807, 2.05) is 6.92 Å². The van der Waals surface area contributed by atoms with Crippen molar-refractivity contribution in [2.75, 3.05) is 0 Å². The molecule has 5 nitrogen and oxygen atoms in total. The van der Waals surface area contributed by atoms with Gasteiger partial charge in [0.25, 0.3) is 0 Å². The maximum atomic E-state index is 13.2. The zero-order chi connectivity index (χ0) is 13.8. The van der Waals surface area contributed by atoms with Gasteiger partial charge in [-0.1, -0.05) is 17.7 Å². The van der Waals surface area contributed by atoms with Crippen LogP contribution in [0.5, 0.6) is 0 Å². The summed E-state index contributed by atoms with van der Waals surface area (Å²) < 4.78 is 14.9. The molecule has 1 heterocycles. The molecule has 0 saturated heterocycles. The number of aromatic nitrogens is 3. The minimum Gasteiger partial charge on any atom is -0.271 e. The van der Waals surface area contributed by atoms with Crippen molar-refractivity contribution in [2.45, 2.75) is 25.9 Å². The third-order valence-corrected chi connectivity index (χ3v) is 3.22. The minimum absolute atomic E-state index is 0.0784. The lowest BCUT2D eigenvalue weighted by Gasteiger charge is -2.16. The number of hydrazine groups is 1. The second-order valence-corrected chi connectivity index (χ2v) is 4.50. The van der Waals surface area contributed by atoms with Crippen LogP contribution in [-0.2, 0) is 13.0 Å². The predicted octanol–water partition coefficient (Wildman–Crippen LogP) is 1.84. The van der Waals surface area contributed by atoms with Crippen LogP contribution in [0.15, 0.2) is 24.5 Å². The SMILES string of the molecule is CCn1ncnc1CC(NN)c1ccc(F)c(Cl)c1. The Bertz CT molecular complexity index is 557. The molecule has 1 unspecified atom stereocenters. The molecule has 0 saturated carbocycles. The molecule has 0 aliphatic heterocycles. The van der Waals surface area contributed by atoms with Gasteiger partial charge in [-0.15, -0.1) is 0 Å². The van der Waals surface area contributed by atoms with Crippen LogP contribution < -0.4 is 11.3 Å². The number of halogens is 2. The first-order chi connectivity index (χ1) is 9.15. The van der Waals surface area contributed by atoms with E-state index >= 15 is 0 Å². The average molecular weight is 284 g/mol. The maximum absolute atomic E-state index is 13.2. The monoisotopic (exact) mass is 283 g/mol. The van der Waals surface area contributed by atoms with Gasteiger partial charge < -0.3 is 0 Å². The molecule has 102 valence electrons. The van der Waals surface area contributed by atoms with Crippen LogP contribution in [0.25, 0.3) is 0 Å². The van der Waals surface area contributed by atoms with Crippen molar-refractivity contribution >= 4 is 11.6 Å². The first-order valence-electron chi connectivity index (χ1n) is 5.93. The lowest BCUT2D eigenvalue weighted by molar-refractivity contribution is 0.509. The smallest absolute Gasteiger partial charge is 0.141 e. The Balaban J connectivity index is 2.22. The summed E-state index contributed by atoms with van der Waals surface area (Å²) in [7, 11) is 0. The normalized spacial score (nSPS) is 12.6. The van der Waals surface area contributed by atoms with Gasteiger partial charge in [0.05, 0.1) is 11.1 Å². The van der Waals surface area contributed by atoms with Crippen molar-refractivity contribution in [1.29, 1.82) is 0 Å². The molecule has 2 aromatic rings. The molecule has 0 spiro atoms. The summed E-state index contributed by atoms with van der Waals surface area (Å²) >= 11 is 5.78. The number of hydrogen-bond donors (Lipinski definition) is 2. The van der Waals surface area contributed by atoms with Crippen molar-refractivity contribution in [3.63, 3.8) is 0 Å². The summed E-state index contributed by atoms with van der Waals surface area (Å²) in [6.07, 6.45) is 2.05. The van der Waals surface area contributed by atoms with Gasteiger partial charge in [0.2, 0.25) is 0 Å². The van der Waals surface area contributed by atoms with Crippen molar-refractivity contribution in [3.05, 3.63) is 46.8 Å². The molecule has 19 heavy (non-hydrogen) atoms. The van der Waals surface area contributed by atoms with Gasteiger partial charge in [-0.3, -0.25) is 16.0 Å². The lowest BCUT2D eigenvalue weighted by Crippen LogP contribution is -2.30. The van der Waals surface area contributed by atoms with Crippen LogP contribution in [0, 0.1) is 5.82 Å². The molecule has 0 aliphatic carbocycles. The highest BCUT2D eigenvalue weighted by Gasteiger charge is 2.15. The van der Waals surface area contributed by atoms with Gasteiger partial charge in [-0.25, -0.2) is 9.37 Å². The van der Waals surface area contributed by atoms with E-state index in [-0.39, 0.29) is 11.1 Å². The third-order valence-electron chi connectivity index (χ3n) is 2.93. The fourth-order valence-corrected chi connectivity index (χ4v) is 2.08. The first kappa shape index (κ1) is 13.9. The third kappa shape index (κ3) is 3.09. The van der Waals surface area contributed by atoms with Crippen LogP contribution >= 0.6 is 11.6 Å². The predicted molar refractivity (Wildman–Crippen MR) is 70.9 cm³/mol. The van der Waals surface area contributed by atoms with E-state index in [9.17, 15) is 4.39 Å². The molecular weight excluding hydrogens is 269 g/mol. The zero-order valence-electron chi connectivity index (χ0n) is 10.5. The van der Waals surface area contributed by atoms with Crippen LogP contribution in [0.4, 0.5) is 4.39 Å². The van der Waals surface area contributed by atoms with Gasteiger partial charge in [0.1, 0.15) is 18.0 Å². The number of nitrogens with one attached hydrogen (secondary N) is 1. The maximum Gasteiger partial charge on any atom is 0.141 e. The molecule has 1 aromatic heterocycles. The summed E-state index contributed by atoms with van der Waals surface area (Å²) in [5, 5.41) is 4.18. The average Bonchev–Trinajstić information content (AvgIpc) is 2.86. The zero-order valence-corrected chi connectivity index (χ0v) is 11.2. The van der Waals surface area contributed by atoms with Crippen molar-refractivity contribution in [3.8, 4) is 0 Å². The van der Waals surface area contributed by atoms with Gasteiger partial charge in [-0.2, -0.15) is 5.10 Å². The van der Waals surface area contributed by atoms with E-state index < -0.39 is 5.82 Å². The number of nitrogens with two attached hydrogens (primary N) is 1. The van der Waals surface area contributed by atoms with Crippen molar-refractivity contribution in [1.82, 2.24) is 20.2 Å². The van der Waals surface area contributed by atoms with E-state index in [1.165, 1.54) is 12.4 Å². The quantitative estimate of drug-likeness (QED) is 0.649. The van der Waals surface area contributed by atoms with Crippen LogP contribution in [0.2, 0.25) is 5.02 Å². The van der Waals surface area contributed by atoms with E-state index in [1.54, 1.807) is 16.8 Å². The molecule has 0 fully saturated rings. The summed E-state index contributed by atoms with van der Waals surface area (Å²) in [5.74, 6) is 5.92. The summed E-state index contributed by atoms with van der Waals surface area (Å²) in [5.41, 5.74) is 3.50. The number of nitrogens with zero attached hydrogens (tertiary/aromatic N) is 3. The van der Waals surface area contributed by atoms with Gasteiger partial charge >= 0.3 is 0 Å². The molecule has 1 atom stereocenters. The van der Waals surface area contributed by atoms with E-state index in [2.05, 4.69) is 15.5 Å². The van der Waals surface area contributed by atoms with Crippen molar-refractivity contribution in [2.24, 2.45) is 5.84 Å². The fraction of sp³-hybridized carbons (Fsp3) is 0.333. The van der Waals surface area contributed by atoms with Crippen LogP contribution in [0.1, 0.15) is 24.4 Å². The number of rotatable bonds is 5. The topological polar surface area (TPSA) is 68.8 Å². The molecule has 0 aliphatic rings. The highest BCUT2D eigenvalue weighted by Crippen LogP contribution is 2.22. The Kier molecular flexibility index (Phi) is 4.47. The summed E-state index contributed by atoms with van der Waals surface area (Å²) in [6.45, 7) is 2.72. The van der Waals surface area contributed by atoms with E-state index in [0.717, 1.165) is 17.9 Å². The standard InChI is InChI=1S/C12H15ClFN5/c1-2-19-12(16-7-17-19)6-11(18-15)8-3-4-10(14)9(13)5-8/h3-5,7,11,18H,2,6,15H2,1H3. The molecule has 3 N–H and O–H groups in total. The molecule has 0 amide bonds. The van der Waals surface area contributed by atoms with Crippen LogP contribution in [-0.4, -0.2) is 14.8 Å². The minimum atomic E-state index is -0.446. The van der Waals surface area contributed by atoms with E-state index in [4.69, 9.17) is 17.4 Å².